The molecule has 1 fully saturated rings. The standard InChI is InChI=1S/C10H13BrN4O3S/c11-6-1-4-8(10(12)13-16)9(5-6)15-19(17,18)14-7-2-3-7/h1,4-5,7,14-16H,2-3H2,(H2,12,13). The summed E-state index contributed by atoms with van der Waals surface area (Å²) in [4.78, 5) is 0. The van der Waals surface area contributed by atoms with E-state index in [4.69, 9.17) is 10.9 Å². The molecule has 0 bridgehead atoms. The van der Waals surface area contributed by atoms with Crippen molar-refractivity contribution in [1.82, 2.24) is 4.72 Å². The molecule has 0 saturated heterocycles. The molecule has 0 aromatic heterocycles. The normalized spacial score (nSPS) is 16.4. The average molecular weight is 349 g/mol. The van der Waals surface area contributed by atoms with Gasteiger partial charge in [-0.3, -0.25) is 4.72 Å². The zero-order valence-corrected chi connectivity index (χ0v) is 12.2. The van der Waals surface area contributed by atoms with E-state index in [1.807, 2.05) is 0 Å². The van der Waals surface area contributed by atoms with Crippen molar-refractivity contribution in [2.45, 2.75) is 18.9 Å². The summed E-state index contributed by atoms with van der Waals surface area (Å²) >= 11 is 3.24. The first kappa shape index (κ1) is 14.1. The van der Waals surface area contributed by atoms with Crippen LogP contribution in [0.15, 0.2) is 27.8 Å². The maximum absolute atomic E-state index is 11.8. The molecule has 0 radical (unpaired) electrons. The number of benzene rings is 1. The largest absolute Gasteiger partial charge is 0.409 e. The van der Waals surface area contributed by atoms with Gasteiger partial charge < -0.3 is 10.9 Å². The molecule has 0 unspecified atom stereocenters. The molecule has 0 amide bonds. The van der Waals surface area contributed by atoms with E-state index in [0.717, 1.165) is 12.8 Å². The van der Waals surface area contributed by atoms with Crippen LogP contribution in [-0.4, -0.2) is 25.5 Å². The lowest BCUT2D eigenvalue weighted by molar-refractivity contribution is 0.318. The van der Waals surface area contributed by atoms with E-state index >= 15 is 0 Å². The summed E-state index contributed by atoms with van der Waals surface area (Å²) in [6, 6.07) is 4.75. The van der Waals surface area contributed by atoms with E-state index in [0.29, 0.717) is 10.0 Å². The minimum Gasteiger partial charge on any atom is -0.409 e. The van der Waals surface area contributed by atoms with E-state index in [2.05, 4.69) is 30.5 Å². The number of amidine groups is 1. The molecular formula is C10H13BrN4O3S. The molecule has 1 saturated carbocycles. The molecule has 0 heterocycles. The van der Waals surface area contributed by atoms with Crippen molar-refractivity contribution < 1.29 is 13.6 Å². The highest BCUT2D eigenvalue weighted by atomic mass is 79.9. The molecular weight excluding hydrogens is 336 g/mol. The molecule has 19 heavy (non-hydrogen) atoms. The third kappa shape index (κ3) is 3.82. The summed E-state index contributed by atoms with van der Waals surface area (Å²) in [5.41, 5.74) is 6.04. The molecule has 1 aliphatic carbocycles. The molecule has 7 nitrogen and oxygen atoms in total. The Hall–Kier alpha value is -1.32. The number of oxime groups is 1. The van der Waals surface area contributed by atoms with Crippen LogP contribution in [0.5, 0.6) is 0 Å². The number of nitrogens with zero attached hydrogens (tertiary/aromatic N) is 1. The summed E-state index contributed by atoms with van der Waals surface area (Å²) in [7, 11) is -3.67. The van der Waals surface area contributed by atoms with Crippen LogP contribution in [0.2, 0.25) is 0 Å². The monoisotopic (exact) mass is 348 g/mol. The van der Waals surface area contributed by atoms with E-state index in [9.17, 15) is 8.42 Å². The predicted molar refractivity (Wildman–Crippen MR) is 75.4 cm³/mol. The topological polar surface area (TPSA) is 117 Å². The lowest BCUT2D eigenvalue weighted by Crippen LogP contribution is -2.32. The van der Waals surface area contributed by atoms with Crippen LogP contribution in [0.3, 0.4) is 0 Å². The first-order valence-electron chi connectivity index (χ1n) is 5.49. The summed E-state index contributed by atoms with van der Waals surface area (Å²) < 4.78 is 29.2. The van der Waals surface area contributed by atoms with Crippen LogP contribution in [0.1, 0.15) is 18.4 Å². The second-order valence-corrected chi connectivity index (χ2v) is 6.54. The van der Waals surface area contributed by atoms with Crippen molar-refractivity contribution in [1.29, 1.82) is 0 Å². The molecule has 0 atom stereocenters. The summed E-state index contributed by atoms with van der Waals surface area (Å²) in [5.74, 6) is -0.170. The first-order chi connectivity index (χ1) is 8.91. The third-order valence-electron chi connectivity index (χ3n) is 2.51. The van der Waals surface area contributed by atoms with Gasteiger partial charge in [-0.15, -0.1) is 0 Å². The Morgan fingerprint density at radius 3 is 2.74 bits per heavy atom. The van der Waals surface area contributed by atoms with Gasteiger partial charge in [0.25, 0.3) is 10.2 Å². The summed E-state index contributed by atoms with van der Waals surface area (Å²) in [6.45, 7) is 0. The number of anilines is 1. The van der Waals surface area contributed by atoms with Crippen molar-refractivity contribution in [3.63, 3.8) is 0 Å². The van der Waals surface area contributed by atoms with E-state index in [1.54, 1.807) is 18.2 Å². The van der Waals surface area contributed by atoms with Gasteiger partial charge in [-0.2, -0.15) is 13.1 Å². The van der Waals surface area contributed by atoms with Crippen LogP contribution >= 0.6 is 15.9 Å². The molecule has 5 N–H and O–H groups in total. The fourth-order valence-electron chi connectivity index (χ4n) is 1.47. The van der Waals surface area contributed by atoms with Gasteiger partial charge in [-0.25, -0.2) is 0 Å². The van der Waals surface area contributed by atoms with E-state index in [-0.39, 0.29) is 17.6 Å². The summed E-state index contributed by atoms with van der Waals surface area (Å²) in [6.07, 6.45) is 1.68. The van der Waals surface area contributed by atoms with E-state index in [1.165, 1.54) is 0 Å². The Bertz CT molecular complexity index is 613. The van der Waals surface area contributed by atoms with Crippen molar-refractivity contribution in [2.24, 2.45) is 10.9 Å². The quantitative estimate of drug-likeness (QED) is 0.274. The highest BCUT2D eigenvalue weighted by Gasteiger charge is 2.27. The lowest BCUT2D eigenvalue weighted by atomic mass is 10.2. The van der Waals surface area contributed by atoms with Crippen LogP contribution in [0.4, 0.5) is 5.69 Å². The van der Waals surface area contributed by atoms with Gasteiger partial charge in [0.2, 0.25) is 0 Å². The highest BCUT2D eigenvalue weighted by Crippen LogP contribution is 2.24. The molecule has 0 aliphatic heterocycles. The Labute approximate surface area is 119 Å². The fourth-order valence-corrected chi connectivity index (χ4v) is 3.03. The Morgan fingerprint density at radius 1 is 1.47 bits per heavy atom. The number of nitrogens with two attached hydrogens (primary N) is 1. The number of hydrogen-bond donors (Lipinski definition) is 4. The maximum atomic E-state index is 11.8. The number of rotatable bonds is 5. The van der Waals surface area contributed by atoms with Gasteiger partial charge in [0.05, 0.1) is 5.69 Å². The van der Waals surface area contributed by atoms with Gasteiger partial charge in [-0.05, 0) is 31.0 Å². The third-order valence-corrected chi connectivity index (χ3v) is 4.13. The van der Waals surface area contributed by atoms with Crippen LogP contribution < -0.4 is 15.2 Å². The van der Waals surface area contributed by atoms with Crippen LogP contribution in [0.25, 0.3) is 0 Å². The minimum absolute atomic E-state index is 0.00282. The van der Waals surface area contributed by atoms with Crippen molar-refractivity contribution >= 4 is 37.7 Å². The predicted octanol–water partition coefficient (Wildman–Crippen LogP) is 0.952. The average Bonchev–Trinajstić information content (AvgIpc) is 3.10. The van der Waals surface area contributed by atoms with Crippen molar-refractivity contribution in [3.05, 3.63) is 28.2 Å². The zero-order chi connectivity index (χ0) is 14.0. The second kappa shape index (κ2) is 5.35. The molecule has 0 spiro atoms. The Kier molecular flexibility index (Phi) is 3.97. The van der Waals surface area contributed by atoms with Gasteiger partial charge in [0, 0.05) is 16.1 Å². The van der Waals surface area contributed by atoms with E-state index < -0.39 is 10.2 Å². The van der Waals surface area contributed by atoms with Gasteiger partial charge >= 0.3 is 0 Å². The van der Waals surface area contributed by atoms with Crippen LogP contribution in [-0.2, 0) is 10.2 Å². The SMILES string of the molecule is N/C(=N/O)c1ccc(Br)cc1NS(=O)(=O)NC1CC1. The summed E-state index contributed by atoms with van der Waals surface area (Å²) in [5, 5.41) is 11.6. The maximum Gasteiger partial charge on any atom is 0.299 e. The van der Waals surface area contributed by atoms with Gasteiger partial charge in [0.1, 0.15) is 0 Å². The van der Waals surface area contributed by atoms with Crippen molar-refractivity contribution in [2.75, 3.05) is 4.72 Å². The van der Waals surface area contributed by atoms with Crippen molar-refractivity contribution in [3.8, 4) is 0 Å². The lowest BCUT2D eigenvalue weighted by Gasteiger charge is -2.12. The van der Waals surface area contributed by atoms with Gasteiger partial charge in [0.15, 0.2) is 5.84 Å². The second-order valence-electron chi connectivity index (χ2n) is 4.17. The molecule has 1 aromatic carbocycles. The molecule has 2 rings (SSSR count). The fraction of sp³-hybridized carbons (Fsp3) is 0.300. The molecule has 9 heteroatoms. The number of hydrogen-bond acceptors (Lipinski definition) is 4. The number of halogens is 1. The number of nitrogens with one attached hydrogen (secondary N) is 2. The molecule has 1 aromatic rings. The first-order valence-corrected chi connectivity index (χ1v) is 7.76. The highest BCUT2D eigenvalue weighted by molar-refractivity contribution is 9.10. The Balaban J connectivity index is 2.29. The van der Waals surface area contributed by atoms with Gasteiger partial charge in [-0.1, -0.05) is 21.1 Å². The zero-order valence-electron chi connectivity index (χ0n) is 9.80. The minimum atomic E-state index is -3.67. The Morgan fingerprint density at radius 2 is 2.16 bits per heavy atom. The smallest absolute Gasteiger partial charge is 0.299 e. The molecule has 104 valence electrons. The molecule has 1 aliphatic rings. The van der Waals surface area contributed by atoms with Crippen LogP contribution in [0, 0.1) is 0 Å².